The minimum Gasteiger partial charge on any atom is -0.380 e. The van der Waals surface area contributed by atoms with Gasteiger partial charge in [0.05, 0.1) is 6.10 Å². The first-order valence-corrected chi connectivity index (χ1v) is 6.55. The van der Waals surface area contributed by atoms with E-state index < -0.39 is 0 Å². The summed E-state index contributed by atoms with van der Waals surface area (Å²) in [5.41, 5.74) is 0.537. The zero-order valence-corrected chi connectivity index (χ0v) is 11.0. The minimum atomic E-state index is 0.481. The van der Waals surface area contributed by atoms with E-state index >= 15 is 0 Å². The molecule has 94 valence electrons. The average Bonchev–Trinajstić information content (AvgIpc) is 2.70. The molecule has 0 saturated carbocycles. The third-order valence-corrected chi connectivity index (χ3v) is 4.36. The van der Waals surface area contributed by atoms with E-state index in [1.54, 1.807) is 0 Å². The maximum Gasteiger partial charge on any atom is 0.0710 e. The van der Waals surface area contributed by atoms with Gasteiger partial charge in [0, 0.05) is 26.7 Å². The van der Waals surface area contributed by atoms with Gasteiger partial charge in [-0.3, -0.25) is 0 Å². The van der Waals surface area contributed by atoms with E-state index in [1.807, 2.05) is 7.11 Å². The Kier molecular flexibility index (Phi) is 3.88. The predicted octanol–water partition coefficient (Wildman–Crippen LogP) is 1.44. The van der Waals surface area contributed by atoms with Gasteiger partial charge in [0.1, 0.15) is 0 Å². The molecule has 0 aliphatic carbocycles. The van der Waals surface area contributed by atoms with Gasteiger partial charge in [-0.05, 0) is 44.8 Å². The lowest BCUT2D eigenvalue weighted by Crippen LogP contribution is -2.43. The zero-order chi connectivity index (χ0) is 11.6. The summed E-state index contributed by atoms with van der Waals surface area (Å²) in [6.45, 7) is 8.61. The zero-order valence-electron chi connectivity index (χ0n) is 11.0. The maximum absolute atomic E-state index is 5.43. The molecule has 2 saturated heterocycles. The molecule has 0 amide bonds. The van der Waals surface area contributed by atoms with Gasteiger partial charge < -0.3 is 14.5 Å². The lowest BCUT2D eigenvalue weighted by atomic mass is 9.80. The largest absolute Gasteiger partial charge is 0.380 e. The van der Waals surface area contributed by atoms with Crippen LogP contribution in [0.1, 0.15) is 26.2 Å². The van der Waals surface area contributed by atoms with Gasteiger partial charge in [0.2, 0.25) is 0 Å². The molecule has 1 unspecified atom stereocenters. The van der Waals surface area contributed by atoms with Crippen LogP contribution in [0.3, 0.4) is 0 Å². The van der Waals surface area contributed by atoms with E-state index in [4.69, 9.17) is 4.74 Å². The van der Waals surface area contributed by atoms with Crippen molar-refractivity contribution in [3.05, 3.63) is 0 Å². The van der Waals surface area contributed by atoms with Crippen LogP contribution < -0.4 is 0 Å². The summed E-state index contributed by atoms with van der Waals surface area (Å²) in [7, 11) is 4.07. The average molecular weight is 226 g/mol. The highest BCUT2D eigenvalue weighted by Crippen LogP contribution is 2.32. The highest BCUT2D eigenvalue weighted by molar-refractivity contribution is 4.87. The first-order chi connectivity index (χ1) is 7.61. The van der Waals surface area contributed by atoms with Crippen LogP contribution in [0.2, 0.25) is 0 Å². The number of nitrogens with zero attached hydrogens (tertiary/aromatic N) is 2. The van der Waals surface area contributed by atoms with Crippen molar-refractivity contribution in [1.82, 2.24) is 9.80 Å². The van der Waals surface area contributed by atoms with Crippen LogP contribution in [0.4, 0.5) is 0 Å². The molecule has 1 atom stereocenters. The molecule has 0 spiro atoms. The Labute approximate surface area is 99.7 Å². The molecule has 2 aliphatic rings. The fourth-order valence-electron chi connectivity index (χ4n) is 2.99. The van der Waals surface area contributed by atoms with Crippen LogP contribution in [-0.4, -0.2) is 62.8 Å². The molecular formula is C13H26N2O. The minimum absolute atomic E-state index is 0.481. The molecule has 16 heavy (non-hydrogen) atoms. The molecular weight excluding hydrogens is 200 g/mol. The molecule has 2 heterocycles. The summed E-state index contributed by atoms with van der Waals surface area (Å²) in [5, 5.41) is 0. The molecule has 3 heteroatoms. The van der Waals surface area contributed by atoms with Crippen molar-refractivity contribution in [2.75, 3.05) is 46.9 Å². The molecule has 0 aromatic heterocycles. The Morgan fingerprint density at radius 1 is 1.25 bits per heavy atom. The number of ether oxygens (including phenoxy) is 1. The highest BCUT2D eigenvalue weighted by Gasteiger charge is 2.33. The normalized spacial score (nSPS) is 32.1. The van der Waals surface area contributed by atoms with Crippen molar-refractivity contribution in [3.8, 4) is 0 Å². The van der Waals surface area contributed by atoms with E-state index in [0.29, 0.717) is 11.5 Å². The topological polar surface area (TPSA) is 15.7 Å². The van der Waals surface area contributed by atoms with E-state index in [2.05, 4.69) is 23.8 Å². The molecule has 0 bridgehead atoms. The number of hydrogen-bond acceptors (Lipinski definition) is 3. The molecule has 0 aromatic carbocycles. The van der Waals surface area contributed by atoms with E-state index in [1.165, 1.54) is 45.4 Å². The first kappa shape index (κ1) is 12.3. The van der Waals surface area contributed by atoms with Gasteiger partial charge in [0.15, 0.2) is 0 Å². The molecule has 3 nitrogen and oxygen atoms in total. The van der Waals surface area contributed by atoms with E-state index in [-0.39, 0.29) is 0 Å². The second-order valence-electron chi connectivity index (χ2n) is 6.00. The summed E-state index contributed by atoms with van der Waals surface area (Å²) >= 11 is 0. The summed E-state index contributed by atoms with van der Waals surface area (Å²) in [5.74, 6) is 0. The second kappa shape index (κ2) is 5.03. The third kappa shape index (κ3) is 2.96. The van der Waals surface area contributed by atoms with Crippen molar-refractivity contribution in [3.63, 3.8) is 0 Å². The van der Waals surface area contributed by atoms with Gasteiger partial charge >= 0.3 is 0 Å². The first-order valence-electron chi connectivity index (χ1n) is 6.55. The second-order valence-corrected chi connectivity index (χ2v) is 6.00. The summed E-state index contributed by atoms with van der Waals surface area (Å²) in [6.07, 6.45) is 4.39. The smallest absolute Gasteiger partial charge is 0.0710 e. The van der Waals surface area contributed by atoms with Crippen molar-refractivity contribution >= 4 is 0 Å². The number of likely N-dealkylation sites (tertiary alicyclic amines) is 2. The van der Waals surface area contributed by atoms with Crippen LogP contribution in [0.15, 0.2) is 0 Å². The Hall–Kier alpha value is -0.120. The standard InChI is InChI=1S/C13H26N2O/c1-13(5-8-14(2)9-6-13)11-15-7-4-12(10-15)16-3/h12H,4-11H2,1-3H3. The quantitative estimate of drug-likeness (QED) is 0.724. The van der Waals surface area contributed by atoms with E-state index in [9.17, 15) is 0 Å². The number of rotatable bonds is 3. The van der Waals surface area contributed by atoms with Gasteiger partial charge in [-0.25, -0.2) is 0 Å². The van der Waals surface area contributed by atoms with Crippen LogP contribution >= 0.6 is 0 Å². The van der Waals surface area contributed by atoms with Crippen molar-refractivity contribution in [2.24, 2.45) is 5.41 Å². The third-order valence-electron chi connectivity index (χ3n) is 4.36. The van der Waals surface area contributed by atoms with Gasteiger partial charge in [-0.15, -0.1) is 0 Å². The van der Waals surface area contributed by atoms with Gasteiger partial charge in [0.25, 0.3) is 0 Å². The lowest BCUT2D eigenvalue weighted by Gasteiger charge is -2.40. The lowest BCUT2D eigenvalue weighted by molar-refractivity contribution is 0.0764. The van der Waals surface area contributed by atoms with Crippen molar-refractivity contribution < 1.29 is 4.74 Å². The summed E-state index contributed by atoms with van der Waals surface area (Å²) < 4.78 is 5.43. The molecule has 0 N–H and O–H groups in total. The SMILES string of the molecule is COC1CCN(CC2(C)CCN(C)CC2)C1. The van der Waals surface area contributed by atoms with Gasteiger partial charge in [-0.1, -0.05) is 6.92 Å². The fraction of sp³-hybridized carbons (Fsp3) is 1.00. The molecule has 2 aliphatic heterocycles. The highest BCUT2D eigenvalue weighted by atomic mass is 16.5. The summed E-state index contributed by atoms with van der Waals surface area (Å²) in [6, 6.07) is 0. The van der Waals surface area contributed by atoms with Gasteiger partial charge in [-0.2, -0.15) is 0 Å². The van der Waals surface area contributed by atoms with Crippen LogP contribution in [0.5, 0.6) is 0 Å². The predicted molar refractivity (Wildman–Crippen MR) is 66.7 cm³/mol. The number of hydrogen-bond donors (Lipinski definition) is 0. The Balaban J connectivity index is 1.80. The van der Waals surface area contributed by atoms with Crippen molar-refractivity contribution in [2.45, 2.75) is 32.3 Å². The molecule has 0 aromatic rings. The monoisotopic (exact) mass is 226 g/mol. The Morgan fingerprint density at radius 3 is 2.50 bits per heavy atom. The van der Waals surface area contributed by atoms with Crippen LogP contribution in [0.25, 0.3) is 0 Å². The Morgan fingerprint density at radius 2 is 1.94 bits per heavy atom. The van der Waals surface area contributed by atoms with E-state index in [0.717, 1.165) is 6.54 Å². The summed E-state index contributed by atoms with van der Waals surface area (Å²) in [4.78, 5) is 5.04. The maximum atomic E-state index is 5.43. The number of piperidine rings is 1. The fourth-order valence-corrected chi connectivity index (χ4v) is 2.99. The molecule has 2 rings (SSSR count). The molecule has 0 radical (unpaired) electrons. The van der Waals surface area contributed by atoms with Crippen LogP contribution in [-0.2, 0) is 4.74 Å². The van der Waals surface area contributed by atoms with Crippen LogP contribution in [0, 0.1) is 5.41 Å². The Bertz CT molecular complexity index is 224. The number of methoxy groups -OCH3 is 1. The van der Waals surface area contributed by atoms with Crippen molar-refractivity contribution in [1.29, 1.82) is 0 Å². The molecule has 2 fully saturated rings.